The fraction of sp³-hybridized carbons (Fsp3) is 1.00. The predicted molar refractivity (Wildman–Crippen MR) is 78.8 cm³/mol. The summed E-state index contributed by atoms with van der Waals surface area (Å²) in [5, 5.41) is 4.74. The summed E-state index contributed by atoms with van der Waals surface area (Å²) in [6.45, 7) is 3.48. The van der Waals surface area contributed by atoms with Crippen molar-refractivity contribution in [1.29, 1.82) is 0 Å². The molecule has 0 aromatic heterocycles. The molecule has 17 heavy (non-hydrogen) atoms. The fourth-order valence-corrected chi connectivity index (χ4v) is 4.20. The molecule has 0 aromatic rings. The van der Waals surface area contributed by atoms with Gasteiger partial charge in [-0.15, -0.1) is 0 Å². The Balaban J connectivity index is 1.61. The monoisotopic (exact) mass is 255 g/mol. The highest BCUT2D eigenvalue weighted by Gasteiger charge is 2.23. The van der Waals surface area contributed by atoms with Crippen LogP contribution in [0.2, 0.25) is 0 Å². The molecule has 1 atom stereocenters. The van der Waals surface area contributed by atoms with Gasteiger partial charge in [0.1, 0.15) is 0 Å². The van der Waals surface area contributed by atoms with Gasteiger partial charge >= 0.3 is 0 Å². The number of thioether (sulfide) groups is 1. The summed E-state index contributed by atoms with van der Waals surface area (Å²) in [5.74, 6) is 2.45. The molecule has 1 N–H and O–H groups in total. The molecule has 0 amide bonds. The van der Waals surface area contributed by atoms with Gasteiger partial charge in [0.15, 0.2) is 0 Å². The summed E-state index contributed by atoms with van der Waals surface area (Å²) in [6, 6.07) is 0.793. The Labute approximate surface area is 112 Å². The van der Waals surface area contributed by atoms with Gasteiger partial charge < -0.3 is 5.32 Å². The van der Waals surface area contributed by atoms with Gasteiger partial charge in [0.25, 0.3) is 0 Å². The highest BCUT2D eigenvalue weighted by molar-refractivity contribution is 7.99. The van der Waals surface area contributed by atoms with E-state index in [9.17, 15) is 0 Å². The van der Waals surface area contributed by atoms with Crippen molar-refractivity contribution in [3.63, 3.8) is 0 Å². The third-order valence-electron chi connectivity index (χ3n) is 4.14. The normalized spacial score (nSPS) is 23.1. The molecular formula is C15H29NS. The summed E-state index contributed by atoms with van der Waals surface area (Å²) in [5.41, 5.74) is 0. The molecule has 0 heterocycles. The Kier molecular flexibility index (Phi) is 6.21. The zero-order valence-electron chi connectivity index (χ0n) is 11.4. The van der Waals surface area contributed by atoms with Crippen molar-refractivity contribution >= 4 is 11.8 Å². The van der Waals surface area contributed by atoms with E-state index in [-0.39, 0.29) is 0 Å². The van der Waals surface area contributed by atoms with Gasteiger partial charge in [0, 0.05) is 17.0 Å². The maximum Gasteiger partial charge on any atom is 0.0158 e. The van der Waals surface area contributed by atoms with E-state index in [0.717, 1.165) is 17.2 Å². The van der Waals surface area contributed by atoms with Crippen LogP contribution in [0.15, 0.2) is 0 Å². The van der Waals surface area contributed by atoms with Gasteiger partial charge in [-0.3, -0.25) is 0 Å². The summed E-state index contributed by atoms with van der Waals surface area (Å²) >= 11 is 2.25. The molecule has 0 aliphatic heterocycles. The minimum Gasteiger partial charge on any atom is -0.313 e. The average molecular weight is 255 g/mol. The van der Waals surface area contributed by atoms with Crippen LogP contribution in [-0.2, 0) is 0 Å². The van der Waals surface area contributed by atoms with Crippen molar-refractivity contribution in [1.82, 2.24) is 5.32 Å². The Hall–Kier alpha value is 0.310. The summed E-state index contributed by atoms with van der Waals surface area (Å²) in [6.07, 6.45) is 13.1. The molecule has 0 bridgehead atoms. The number of hydrogen-bond acceptors (Lipinski definition) is 2. The van der Waals surface area contributed by atoms with Crippen molar-refractivity contribution in [2.45, 2.75) is 76.0 Å². The van der Waals surface area contributed by atoms with Crippen molar-refractivity contribution < 1.29 is 0 Å². The lowest BCUT2D eigenvalue weighted by atomic mass is 10.1. The molecule has 1 unspecified atom stereocenters. The van der Waals surface area contributed by atoms with Gasteiger partial charge in [-0.25, -0.2) is 0 Å². The average Bonchev–Trinajstić information content (AvgIpc) is 3.03. The van der Waals surface area contributed by atoms with Gasteiger partial charge in [-0.05, 0) is 44.6 Å². The molecule has 1 nitrogen and oxygen atoms in total. The zero-order valence-corrected chi connectivity index (χ0v) is 12.2. The van der Waals surface area contributed by atoms with Crippen LogP contribution >= 0.6 is 11.8 Å². The third kappa shape index (κ3) is 5.65. The fourth-order valence-electron chi connectivity index (χ4n) is 2.74. The highest BCUT2D eigenvalue weighted by Crippen LogP contribution is 2.35. The first-order valence-corrected chi connectivity index (χ1v) is 8.78. The van der Waals surface area contributed by atoms with Gasteiger partial charge in [0.2, 0.25) is 0 Å². The molecule has 100 valence electrons. The van der Waals surface area contributed by atoms with Crippen LogP contribution in [0.4, 0.5) is 0 Å². The molecule has 0 spiro atoms. The van der Waals surface area contributed by atoms with Crippen LogP contribution in [0.5, 0.6) is 0 Å². The van der Waals surface area contributed by atoms with Gasteiger partial charge in [0.05, 0.1) is 0 Å². The predicted octanol–water partition coefficient (Wildman–Crippen LogP) is 4.22. The first-order valence-electron chi connectivity index (χ1n) is 7.73. The van der Waals surface area contributed by atoms with Crippen molar-refractivity contribution in [2.24, 2.45) is 5.92 Å². The number of rotatable bonds is 9. The molecule has 2 saturated carbocycles. The molecular weight excluding hydrogens is 226 g/mol. The quantitative estimate of drug-likeness (QED) is 0.662. The standard InChI is InChI=1S/C15H29NS/c1-2-11-16-14(10-9-13-7-8-13)12-17-15-5-3-4-6-15/h13-16H,2-12H2,1H3. The first-order chi connectivity index (χ1) is 8.38. The van der Waals surface area contributed by atoms with Crippen LogP contribution < -0.4 is 5.32 Å². The second-order valence-corrected chi connectivity index (χ2v) is 7.24. The van der Waals surface area contributed by atoms with E-state index in [1.807, 2.05) is 0 Å². The number of hydrogen-bond donors (Lipinski definition) is 1. The minimum absolute atomic E-state index is 0.793. The van der Waals surface area contributed by atoms with E-state index in [1.165, 1.54) is 70.1 Å². The molecule has 2 heteroatoms. The Morgan fingerprint density at radius 1 is 1.18 bits per heavy atom. The lowest BCUT2D eigenvalue weighted by Gasteiger charge is -2.20. The Morgan fingerprint density at radius 2 is 1.94 bits per heavy atom. The van der Waals surface area contributed by atoms with Crippen LogP contribution in [0.1, 0.15) is 64.7 Å². The molecule has 0 aromatic carbocycles. The zero-order chi connectivity index (χ0) is 11.9. The number of nitrogens with one attached hydrogen (secondary N) is 1. The topological polar surface area (TPSA) is 12.0 Å². The van der Waals surface area contributed by atoms with Crippen LogP contribution in [0.25, 0.3) is 0 Å². The van der Waals surface area contributed by atoms with E-state index in [0.29, 0.717) is 0 Å². The Morgan fingerprint density at radius 3 is 2.59 bits per heavy atom. The summed E-state index contributed by atoms with van der Waals surface area (Å²) in [4.78, 5) is 0. The molecule has 2 aliphatic carbocycles. The van der Waals surface area contributed by atoms with Crippen molar-refractivity contribution in [3.05, 3.63) is 0 Å². The minimum atomic E-state index is 0.793. The molecule has 0 radical (unpaired) electrons. The van der Waals surface area contributed by atoms with E-state index in [4.69, 9.17) is 0 Å². The SMILES string of the molecule is CCCNC(CCC1CC1)CSC1CCCC1. The smallest absolute Gasteiger partial charge is 0.0158 e. The van der Waals surface area contributed by atoms with Crippen molar-refractivity contribution in [2.75, 3.05) is 12.3 Å². The lowest BCUT2D eigenvalue weighted by Crippen LogP contribution is -2.32. The summed E-state index contributed by atoms with van der Waals surface area (Å²) < 4.78 is 0. The maximum absolute atomic E-state index is 3.76. The third-order valence-corrected chi connectivity index (χ3v) is 5.68. The van der Waals surface area contributed by atoms with E-state index in [2.05, 4.69) is 24.0 Å². The van der Waals surface area contributed by atoms with Gasteiger partial charge in [-0.1, -0.05) is 32.6 Å². The van der Waals surface area contributed by atoms with E-state index < -0.39 is 0 Å². The largest absolute Gasteiger partial charge is 0.313 e. The summed E-state index contributed by atoms with van der Waals surface area (Å²) in [7, 11) is 0. The van der Waals surface area contributed by atoms with Crippen molar-refractivity contribution in [3.8, 4) is 0 Å². The van der Waals surface area contributed by atoms with E-state index in [1.54, 1.807) is 0 Å². The molecule has 2 fully saturated rings. The van der Waals surface area contributed by atoms with Crippen LogP contribution in [0.3, 0.4) is 0 Å². The highest BCUT2D eigenvalue weighted by atomic mass is 32.2. The second kappa shape index (κ2) is 7.68. The maximum atomic E-state index is 3.76. The molecule has 0 saturated heterocycles. The lowest BCUT2D eigenvalue weighted by molar-refractivity contribution is 0.488. The van der Waals surface area contributed by atoms with E-state index >= 15 is 0 Å². The second-order valence-electron chi connectivity index (χ2n) is 5.91. The Bertz CT molecular complexity index is 197. The molecule has 2 rings (SSSR count). The molecule has 2 aliphatic rings. The van der Waals surface area contributed by atoms with Crippen LogP contribution in [-0.4, -0.2) is 23.6 Å². The van der Waals surface area contributed by atoms with Gasteiger partial charge in [-0.2, -0.15) is 11.8 Å². The van der Waals surface area contributed by atoms with Crippen LogP contribution in [0, 0.1) is 5.92 Å². The first kappa shape index (κ1) is 13.7.